The molecule has 2 heterocycles. The molecule has 0 amide bonds. The summed E-state index contributed by atoms with van der Waals surface area (Å²) in [5, 5.41) is 0. The third-order valence-corrected chi connectivity index (χ3v) is 5.74. The number of carbonyl (C=O) groups is 1. The molecule has 3 nitrogen and oxygen atoms in total. The highest BCUT2D eigenvalue weighted by Crippen LogP contribution is 2.25. The molecular weight excluding hydrogens is 272 g/mol. The normalized spacial score (nSPS) is 23.5. The quantitative estimate of drug-likeness (QED) is 0.751. The van der Waals surface area contributed by atoms with Crippen molar-refractivity contribution in [1.29, 1.82) is 0 Å². The maximum atomic E-state index is 11.9. The minimum atomic E-state index is 0.212. The van der Waals surface area contributed by atoms with Crippen LogP contribution in [-0.4, -0.2) is 54.3 Å². The van der Waals surface area contributed by atoms with Gasteiger partial charge in [0.15, 0.2) is 0 Å². The molecule has 0 aromatic rings. The Labute approximate surface area is 137 Å². The number of carbonyl (C=O) groups excluding carboxylic acids is 1. The van der Waals surface area contributed by atoms with Gasteiger partial charge >= 0.3 is 0 Å². The fourth-order valence-electron chi connectivity index (χ4n) is 3.91. The van der Waals surface area contributed by atoms with Crippen LogP contribution in [0.4, 0.5) is 0 Å². The number of ketones is 1. The predicted molar refractivity (Wildman–Crippen MR) is 93.1 cm³/mol. The molecule has 0 unspecified atom stereocenters. The molecule has 2 saturated heterocycles. The van der Waals surface area contributed by atoms with E-state index >= 15 is 0 Å². The van der Waals surface area contributed by atoms with Gasteiger partial charge in [-0.15, -0.1) is 0 Å². The van der Waals surface area contributed by atoms with Crippen LogP contribution in [0.1, 0.15) is 59.8 Å². The molecule has 2 rings (SSSR count). The first-order valence-electron chi connectivity index (χ1n) is 9.44. The lowest BCUT2D eigenvalue weighted by atomic mass is 9.88. The molecular formula is C19H36N2O. The molecule has 128 valence electrons. The topological polar surface area (TPSA) is 23.6 Å². The second-order valence-corrected chi connectivity index (χ2v) is 8.14. The standard InChI is InChI=1S/C19H36N2O/c1-15(2)19(22)13-17-5-9-20(10-6-17)14-18-7-11-21(12-8-18)16(3)4/h15-18H,5-14H2,1-4H3. The van der Waals surface area contributed by atoms with Gasteiger partial charge in [0.1, 0.15) is 5.78 Å². The summed E-state index contributed by atoms with van der Waals surface area (Å²) in [6.07, 6.45) is 6.00. The highest BCUT2D eigenvalue weighted by Gasteiger charge is 2.26. The Morgan fingerprint density at radius 3 is 1.95 bits per heavy atom. The first kappa shape index (κ1) is 17.9. The van der Waals surface area contributed by atoms with Gasteiger partial charge in [0.2, 0.25) is 0 Å². The van der Waals surface area contributed by atoms with Crippen molar-refractivity contribution < 1.29 is 4.79 Å². The summed E-state index contributed by atoms with van der Waals surface area (Å²) in [4.78, 5) is 17.1. The van der Waals surface area contributed by atoms with E-state index in [1.165, 1.54) is 58.4 Å². The molecule has 0 aliphatic carbocycles. The van der Waals surface area contributed by atoms with E-state index < -0.39 is 0 Å². The molecule has 0 N–H and O–H groups in total. The van der Waals surface area contributed by atoms with E-state index in [0.717, 1.165) is 12.3 Å². The Bertz CT molecular complexity index is 337. The Balaban J connectivity index is 1.65. The van der Waals surface area contributed by atoms with Gasteiger partial charge in [-0.05, 0) is 77.5 Å². The Morgan fingerprint density at radius 1 is 0.909 bits per heavy atom. The lowest BCUT2D eigenvalue weighted by Gasteiger charge is -2.38. The van der Waals surface area contributed by atoms with Gasteiger partial charge in [-0.3, -0.25) is 4.79 Å². The number of hydrogen-bond acceptors (Lipinski definition) is 3. The molecule has 0 spiro atoms. The van der Waals surface area contributed by atoms with Gasteiger partial charge in [-0.1, -0.05) is 13.8 Å². The first-order valence-corrected chi connectivity index (χ1v) is 9.44. The van der Waals surface area contributed by atoms with Crippen LogP contribution in [0.2, 0.25) is 0 Å². The predicted octanol–water partition coefficient (Wildman–Crippen LogP) is 3.43. The zero-order chi connectivity index (χ0) is 16.1. The number of likely N-dealkylation sites (tertiary alicyclic amines) is 2. The van der Waals surface area contributed by atoms with Crippen molar-refractivity contribution in [3.05, 3.63) is 0 Å². The Morgan fingerprint density at radius 2 is 1.45 bits per heavy atom. The molecule has 0 aromatic heterocycles. The lowest BCUT2D eigenvalue weighted by molar-refractivity contribution is -0.123. The molecule has 0 aromatic carbocycles. The van der Waals surface area contributed by atoms with Crippen molar-refractivity contribution in [1.82, 2.24) is 9.80 Å². The average Bonchev–Trinajstić information content (AvgIpc) is 2.49. The molecule has 0 atom stereocenters. The first-order chi connectivity index (χ1) is 10.5. The molecule has 2 aliphatic rings. The Kier molecular flexibility index (Phi) is 6.88. The zero-order valence-corrected chi connectivity index (χ0v) is 15.2. The lowest BCUT2D eigenvalue weighted by Crippen LogP contribution is -2.43. The molecule has 2 fully saturated rings. The van der Waals surface area contributed by atoms with Gasteiger partial charge in [0, 0.05) is 24.9 Å². The third-order valence-electron chi connectivity index (χ3n) is 5.74. The molecule has 0 saturated carbocycles. The van der Waals surface area contributed by atoms with Gasteiger partial charge < -0.3 is 9.80 Å². The van der Waals surface area contributed by atoms with Crippen LogP contribution in [-0.2, 0) is 4.79 Å². The van der Waals surface area contributed by atoms with E-state index in [9.17, 15) is 4.79 Å². The smallest absolute Gasteiger partial charge is 0.135 e. The SMILES string of the molecule is CC(C)C(=O)CC1CCN(CC2CCN(C(C)C)CC2)CC1. The second kappa shape index (κ2) is 8.44. The van der Waals surface area contributed by atoms with Crippen LogP contribution in [0, 0.1) is 17.8 Å². The summed E-state index contributed by atoms with van der Waals surface area (Å²) in [6.45, 7) is 14.9. The summed E-state index contributed by atoms with van der Waals surface area (Å²) < 4.78 is 0. The maximum Gasteiger partial charge on any atom is 0.135 e. The Hall–Kier alpha value is -0.410. The van der Waals surface area contributed by atoms with E-state index in [1.807, 2.05) is 13.8 Å². The highest BCUT2D eigenvalue weighted by molar-refractivity contribution is 5.80. The number of piperidine rings is 2. The van der Waals surface area contributed by atoms with E-state index in [2.05, 4.69) is 23.6 Å². The number of rotatable bonds is 6. The summed E-state index contributed by atoms with van der Waals surface area (Å²) in [7, 11) is 0. The van der Waals surface area contributed by atoms with E-state index in [1.54, 1.807) is 0 Å². The van der Waals surface area contributed by atoms with Gasteiger partial charge in [-0.2, -0.15) is 0 Å². The summed E-state index contributed by atoms with van der Waals surface area (Å²) >= 11 is 0. The van der Waals surface area contributed by atoms with Gasteiger partial charge in [-0.25, -0.2) is 0 Å². The van der Waals surface area contributed by atoms with Crippen LogP contribution < -0.4 is 0 Å². The van der Waals surface area contributed by atoms with Crippen molar-refractivity contribution in [2.45, 2.75) is 65.8 Å². The fraction of sp³-hybridized carbons (Fsp3) is 0.947. The van der Waals surface area contributed by atoms with Gasteiger partial charge in [0.25, 0.3) is 0 Å². The summed E-state index contributed by atoms with van der Waals surface area (Å²) in [5.41, 5.74) is 0. The number of hydrogen-bond donors (Lipinski definition) is 0. The van der Waals surface area contributed by atoms with Crippen LogP contribution in [0.15, 0.2) is 0 Å². The van der Waals surface area contributed by atoms with Gasteiger partial charge in [0.05, 0.1) is 0 Å². The summed E-state index contributed by atoms with van der Waals surface area (Å²) in [5.74, 6) is 2.21. The third kappa shape index (κ3) is 5.34. The van der Waals surface area contributed by atoms with Crippen molar-refractivity contribution >= 4 is 5.78 Å². The zero-order valence-electron chi connectivity index (χ0n) is 15.2. The van der Waals surface area contributed by atoms with Crippen molar-refractivity contribution in [2.75, 3.05) is 32.7 Å². The van der Waals surface area contributed by atoms with E-state index in [0.29, 0.717) is 17.7 Å². The highest BCUT2D eigenvalue weighted by atomic mass is 16.1. The molecule has 3 heteroatoms. The van der Waals surface area contributed by atoms with Crippen LogP contribution >= 0.6 is 0 Å². The monoisotopic (exact) mass is 308 g/mol. The fourth-order valence-corrected chi connectivity index (χ4v) is 3.91. The molecule has 2 aliphatic heterocycles. The molecule has 22 heavy (non-hydrogen) atoms. The van der Waals surface area contributed by atoms with Crippen LogP contribution in [0.25, 0.3) is 0 Å². The minimum absolute atomic E-state index is 0.212. The van der Waals surface area contributed by atoms with Crippen molar-refractivity contribution in [3.63, 3.8) is 0 Å². The molecule has 0 radical (unpaired) electrons. The maximum absolute atomic E-state index is 11.9. The second-order valence-electron chi connectivity index (χ2n) is 8.14. The minimum Gasteiger partial charge on any atom is -0.303 e. The average molecular weight is 309 g/mol. The van der Waals surface area contributed by atoms with E-state index in [-0.39, 0.29) is 5.92 Å². The largest absolute Gasteiger partial charge is 0.303 e. The number of nitrogens with zero attached hydrogens (tertiary/aromatic N) is 2. The number of Topliss-reactive ketones (excluding diaryl/α,β-unsaturated/α-hetero) is 1. The van der Waals surface area contributed by atoms with E-state index in [4.69, 9.17) is 0 Å². The van der Waals surface area contributed by atoms with Crippen LogP contribution in [0.3, 0.4) is 0 Å². The van der Waals surface area contributed by atoms with Crippen LogP contribution in [0.5, 0.6) is 0 Å². The molecule has 0 bridgehead atoms. The summed E-state index contributed by atoms with van der Waals surface area (Å²) in [6, 6.07) is 0.704. The van der Waals surface area contributed by atoms with Crippen molar-refractivity contribution in [2.24, 2.45) is 17.8 Å². The van der Waals surface area contributed by atoms with Crippen molar-refractivity contribution in [3.8, 4) is 0 Å².